The predicted molar refractivity (Wildman–Crippen MR) is 80.7 cm³/mol. The molecule has 0 unspecified atom stereocenters. The third-order valence-corrected chi connectivity index (χ3v) is 3.33. The molecule has 2 aromatic carbocycles. The molecule has 3 nitrogen and oxygen atoms in total. The van der Waals surface area contributed by atoms with Gasteiger partial charge in [-0.2, -0.15) is 0 Å². The number of carbonyl (C=O) groups is 3. The Hall–Kier alpha value is -2.55. The Morgan fingerprint density at radius 2 is 1.00 bits per heavy atom. The van der Waals surface area contributed by atoms with Gasteiger partial charge in [-0.25, -0.2) is 0 Å². The molecule has 3 heteroatoms. The third-order valence-electron chi connectivity index (χ3n) is 3.33. The van der Waals surface area contributed by atoms with Gasteiger partial charge in [-0.05, 0) is 6.92 Å². The molecule has 1 aliphatic rings. The monoisotopic (exact) mass is 280 g/mol. The van der Waals surface area contributed by atoms with Gasteiger partial charge in [-0.1, -0.05) is 55.5 Å². The Kier molecular flexibility index (Phi) is 4.43. The number of fused-ring (bicyclic) bond motifs is 2. The lowest BCUT2D eigenvalue weighted by atomic mass is 9.84. The van der Waals surface area contributed by atoms with Gasteiger partial charge in [0.2, 0.25) is 0 Å². The number of ketones is 3. The van der Waals surface area contributed by atoms with E-state index in [-0.39, 0.29) is 17.3 Å². The molecule has 3 rings (SSSR count). The van der Waals surface area contributed by atoms with Crippen molar-refractivity contribution in [2.75, 3.05) is 0 Å². The number of carbonyl (C=O) groups excluding carboxylic acids is 3. The number of rotatable bonds is 1. The molecule has 0 bridgehead atoms. The summed E-state index contributed by atoms with van der Waals surface area (Å²) >= 11 is 0. The summed E-state index contributed by atoms with van der Waals surface area (Å²) in [7, 11) is 0. The van der Waals surface area contributed by atoms with E-state index in [2.05, 4.69) is 0 Å². The molecule has 2 aromatic rings. The lowest BCUT2D eigenvalue weighted by molar-refractivity contribution is -0.116. The first-order chi connectivity index (χ1) is 10.1. The lowest BCUT2D eigenvalue weighted by Crippen LogP contribution is -2.20. The second-order valence-electron chi connectivity index (χ2n) is 4.80. The number of benzene rings is 2. The molecule has 0 radical (unpaired) electrons. The average Bonchev–Trinajstić information content (AvgIpc) is 2.53. The molecule has 106 valence electrons. The topological polar surface area (TPSA) is 51.2 Å². The number of hydrogen-bond donors (Lipinski definition) is 0. The molecule has 0 atom stereocenters. The van der Waals surface area contributed by atoms with Gasteiger partial charge in [0.15, 0.2) is 11.6 Å². The van der Waals surface area contributed by atoms with Crippen molar-refractivity contribution in [3.8, 4) is 0 Å². The molecule has 0 aromatic heterocycles. The Morgan fingerprint density at radius 3 is 1.19 bits per heavy atom. The van der Waals surface area contributed by atoms with Gasteiger partial charge in [-0.15, -0.1) is 0 Å². The van der Waals surface area contributed by atoms with Crippen molar-refractivity contribution in [1.82, 2.24) is 0 Å². The second kappa shape index (κ2) is 6.27. The van der Waals surface area contributed by atoms with Crippen LogP contribution in [0.1, 0.15) is 52.1 Å². The molecule has 0 saturated carbocycles. The van der Waals surface area contributed by atoms with E-state index in [0.717, 1.165) is 0 Å². The normalized spacial score (nSPS) is 11.9. The van der Waals surface area contributed by atoms with Crippen LogP contribution in [0.4, 0.5) is 0 Å². The van der Waals surface area contributed by atoms with Crippen molar-refractivity contribution >= 4 is 17.3 Å². The molecule has 0 N–H and O–H groups in total. The van der Waals surface area contributed by atoms with Gasteiger partial charge in [0.25, 0.3) is 0 Å². The quantitative estimate of drug-likeness (QED) is 0.686. The Morgan fingerprint density at radius 1 is 0.762 bits per heavy atom. The summed E-state index contributed by atoms with van der Waals surface area (Å²) in [6.07, 6.45) is 0.667. The van der Waals surface area contributed by atoms with Gasteiger partial charge >= 0.3 is 0 Å². The SMILES string of the molecule is CCC(C)=O.O=C1c2ccccc2C(=O)c2ccccc21. The maximum Gasteiger partial charge on any atom is 0.194 e. The van der Waals surface area contributed by atoms with Crippen LogP contribution >= 0.6 is 0 Å². The van der Waals surface area contributed by atoms with Gasteiger partial charge in [-0.3, -0.25) is 9.59 Å². The van der Waals surface area contributed by atoms with Gasteiger partial charge in [0.05, 0.1) is 0 Å². The minimum absolute atomic E-state index is 0.0641. The standard InChI is InChI=1S/C14H8O2.C4H8O/c15-13-9-5-1-2-6-10(9)14(16)12-8-4-3-7-11(12)13;1-3-4(2)5/h1-8H;3H2,1-2H3. The zero-order chi connectivity index (χ0) is 15.4. The van der Waals surface area contributed by atoms with Gasteiger partial charge < -0.3 is 4.79 Å². The number of hydrogen-bond acceptors (Lipinski definition) is 3. The van der Waals surface area contributed by atoms with E-state index in [1.54, 1.807) is 55.5 Å². The highest BCUT2D eigenvalue weighted by Crippen LogP contribution is 2.26. The Labute approximate surface area is 123 Å². The zero-order valence-electron chi connectivity index (χ0n) is 12.1. The minimum Gasteiger partial charge on any atom is -0.300 e. The van der Waals surface area contributed by atoms with E-state index in [4.69, 9.17) is 0 Å². The molecule has 0 spiro atoms. The maximum atomic E-state index is 12.1. The fraction of sp³-hybridized carbons (Fsp3) is 0.167. The number of Topliss-reactive ketones (excluding diaryl/α,β-unsaturated/α-hetero) is 1. The largest absolute Gasteiger partial charge is 0.300 e. The molecule has 0 saturated heterocycles. The fourth-order valence-corrected chi connectivity index (χ4v) is 2.05. The molecule has 0 fully saturated rings. The van der Waals surface area contributed by atoms with Crippen LogP contribution in [-0.2, 0) is 4.79 Å². The maximum absolute atomic E-state index is 12.1. The van der Waals surface area contributed by atoms with Crippen LogP contribution in [0.25, 0.3) is 0 Å². The van der Waals surface area contributed by atoms with Crippen molar-refractivity contribution in [3.05, 3.63) is 70.8 Å². The first kappa shape index (κ1) is 14.9. The van der Waals surface area contributed by atoms with E-state index < -0.39 is 0 Å². The zero-order valence-corrected chi connectivity index (χ0v) is 12.1. The van der Waals surface area contributed by atoms with Crippen LogP contribution in [0.5, 0.6) is 0 Å². The van der Waals surface area contributed by atoms with Gasteiger partial charge in [0, 0.05) is 28.7 Å². The van der Waals surface area contributed by atoms with Crippen molar-refractivity contribution in [2.45, 2.75) is 20.3 Å². The highest BCUT2D eigenvalue weighted by atomic mass is 16.1. The van der Waals surface area contributed by atoms with Crippen molar-refractivity contribution in [1.29, 1.82) is 0 Å². The van der Waals surface area contributed by atoms with Gasteiger partial charge in [0.1, 0.15) is 5.78 Å². The summed E-state index contributed by atoms with van der Waals surface area (Å²) in [5.74, 6) is 0.126. The van der Waals surface area contributed by atoms with Crippen LogP contribution < -0.4 is 0 Å². The smallest absolute Gasteiger partial charge is 0.194 e. The molecule has 0 aliphatic heterocycles. The van der Waals surface area contributed by atoms with Crippen LogP contribution in [-0.4, -0.2) is 17.3 Å². The van der Waals surface area contributed by atoms with Crippen molar-refractivity contribution in [2.24, 2.45) is 0 Å². The summed E-state index contributed by atoms with van der Waals surface area (Å²) in [5, 5.41) is 0. The Bertz CT molecular complexity index is 608. The third kappa shape index (κ3) is 2.97. The molecule has 1 aliphatic carbocycles. The highest BCUT2D eigenvalue weighted by Gasteiger charge is 2.28. The summed E-state index contributed by atoms with van der Waals surface area (Å²) in [4.78, 5) is 34.0. The van der Waals surface area contributed by atoms with Crippen LogP contribution in [0.15, 0.2) is 48.5 Å². The summed E-state index contributed by atoms with van der Waals surface area (Å²) in [6, 6.07) is 13.9. The van der Waals surface area contributed by atoms with Crippen LogP contribution in [0.3, 0.4) is 0 Å². The molecule has 0 amide bonds. The summed E-state index contributed by atoms with van der Waals surface area (Å²) in [6.45, 7) is 3.43. The summed E-state index contributed by atoms with van der Waals surface area (Å²) < 4.78 is 0. The average molecular weight is 280 g/mol. The van der Waals surface area contributed by atoms with Crippen molar-refractivity contribution in [3.63, 3.8) is 0 Å². The highest BCUT2D eigenvalue weighted by molar-refractivity contribution is 6.28. The van der Waals surface area contributed by atoms with E-state index in [1.165, 1.54) is 0 Å². The molecular weight excluding hydrogens is 264 g/mol. The van der Waals surface area contributed by atoms with E-state index in [0.29, 0.717) is 28.7 Å². The fourth-order valence-electron chi connectivity index (χ4n) is 2.05. The minimum atomic E-state index is -0.0641. The molecule has 0 heterocycles. The molecular formula is C18H16O3. The van der Waals surface area contributed by atoms with Crippen LogP contribution in [0.2, 0.25) is 0 Å². The summed E-state index contributed by atoms with van der Waals surface area (Å²) in [5.41, 5.74) is 2.02. The second-order valence-corrected chi connectivity index (χ2v) is 4.80. The lowest BCUT2D eigenvalue weighted by Gasteiger charge is -2.16. The Balaban J connectivity index is 0.000000282. The van der Waals surface area contributed by atoms with Crippen molar-refractivity contribution < 1.29 is 14.4 Å². The van der Waals surface area contributed by atoms with E-state index >= 15 is 0 Å². The van der Waals surface area contributed by atoms with Crippen LogP contribution in [0, 0.1) is 0 Å². The van der Waals surface area contributed by atoms with E-state index in [1.807, 2.05) is 6.92 Å². The van der Waals surface area contributed by atoms with E-state index in [9.17, 15) is 14.4 Å². The molecule has 21 heavy (non-hydrogen) atoms. The predicted octanol–water partition coefficient (Wildman–Crippen LogP) is 3.45. The first-order valence-electron chi connectivity index (χ1n) is 6.83. The first-order valence-corrected chi connectivity index (χ1v) is 6.83.